The molecule has 22 heavy (non-hydrogen) atoms. The molecule has 0 aliphatic rings. The quantitative estimate of drug-likeness (QED) is 0.357. The smallest absolute Gasteiger partial charge is 0.337 e. The second-order valence-electron chi connectivity index (χ2n) is 4.16. The molecule has 1 rings (SSSR count). The summed E-state index contributed by atoms with van der Waals surface area (Å²) in [6, 6.07) is 0. The number of halogens is 4. The molecule has 1 aromatic carbocycles. The van der Waals surface area contributed by atoms with Crippen molar-refractivity contribution in [3.8, 4) is 0 Å². The molecule has 0 saturated heterocycles. The first-order chi connectivity index (χ1) is 10.1. The third-order valence-electron chi connectivity index (χ3n) is 2.84. The van der Waals surface area contributed by atoms with Crippen molar-refractivity contribution in [3.05, 3.63) is 56.5 Å². The molecule has 2 N–H and O–H groups in total. The van der Waals surface area contributed by atoms with Crippen molar-refractivity contribution < 1.29 is 19.8 Å². The van der Waals surface area contributed by atoms with Crippen LogP contribution < -0.4 is 0 Å². The van der Waals surface area contributed by atoms with Crippen LogP contribution >= 0.6 is 63.7 Å². The van der Waals surface area contributed by atoms with Gasteiger partial charge in [0.25, 0.3) is 0 Å². The van der Waals surface area contributed by atoms with Gasteiger partial charge in [0.15, 0.2) is 0 Å². The highest BCUT2D eigenvalue weighted by atomic mass is 79.9. The van der Waals surface area contributed by atoms with Crippen LogP contribution in [0.15, 0.2) is 34.3 Å². The number of allylic oxidation sites excluding steroid dienone is 2. The van der Waals surface area contributed by atoms with E-state index in [1.54, 1.807) is 6.08 Å². The van der Waals surface area contributed by atoms with E-state index in [0.717, 1.165) is 0 Å². The third-order valence-corrected chi connectivity index (χ3v) is 6.49. The zero-order valence-corrected chi connectivity index (χ0v) is 17.3. The Bertz CT molecular complexity index is 680. The van der Waals surface area contributed by atoms with Crippen LogP contribution in [0, 0.1) is 0 Å². The van der Waals surface area contributed by atoms with Crippen molar-refractivity contribution in [2.75, 3.05) is 0 Å². The van der Waals surface area contributed by atoms with E-state index in [1.165, 1.54) is 6.08 Å². The van der Waals surface area contributed by atoms with Gasteiger partial charge in [0.1, 0.15) is 3.23 Å². The maximum absolute atomic E-state index is 11.7. The maximum Gasteiger partial charge on any atom is 0.337 e. The number of hydrogen-bond acceptors (Lipinski definition) is 2. The van der Waals surface area contributed by atoms with Crippen molar-refractivity contribution in [2.45, 2.75) is 9.65 Å². The number of rotatable bonds is 6. The molecule has 0 aliphatic carbocycles. The molecule has 0 saturated carbocycles. The van der Waals surface area contributed by atoms with Crippen LogP contribution in [0.25, 0.3) is 0 Å². The fourth-order valence-corrected chi connectivity index (χ4v) is 4.00. The fourth-order valence-electron chi connectivity index (χ4n) is 1.96. The van der Waals surface area contributed by atoms with E-state index >= 15 is 0 Å². The molecule has 0 aromatic heterocycles. The Kier molecular flexibility index (Phi) is 6.61. The Morgan fingerprint density at radius 3 is 1.91 bits per heavy atom. The van der Waals surface area contributed by atoms with Gasteiger partial charge in [-0.25, -0.2) is 9.59 Å². The molecule has 0 radical (unpaired) electrons. The average molecular weight is 562 g/mol. The number of benzene rings is 1. The lowest BCUT2D eigenvalue weighted by Gasteiger charge is -2.25. The fraction of sp³-hybridized carbons (Fsp3) is 0.143. The van der Waals surface area contributed by atoms with Crippen molar-refractivity contribution in [1.82, 2.24) is 0 Å². The van der Waals surface area contributed by atoms with Crippen molar-refractivity contribution in [1.29, 1.82) is 0 Å². The highest BCUT2D eigenvalue weighted by molar-refractivity contribution is 9.25. The van der Waals surface area contributed by atoms with Gasteiger partial charge in [-0.05, 0) is 43.8 Å². The molecule has 118 valence electrons. The first-order valence-corrected chi connectivity index (χ1v) is 8.90. The summed E-state index contributed by atoms with van der Waals surface area (Å²) in [5.74, 6) is -2.70. The lowest BCUT2D eigenvalue weighted by atomic mass is 9.91. The average Bonchev–Trinajstić information content (AvgIpc) is 2.42. The molecular formula is C14H10Br4O4. The number of carbonyl (C=O) groups is 2. The molecule has 1 aromatic rings. The lowest BCUT2D eigenvalue weighted by Crippen LogP contribution is -2.21. The number of aromatic carboxylic acids is 2. The summed E-state index contributed by atoms with van der Waals surface area (Å²) in [4.78, 5) is 23.3. The van der Waals surface area contributed by atoms with Crippen molar-refractivity contribution in [2.24, 2.45) is 0 Å². The SMILES string of the molecule is C=CCc1c(Br)c(Br)c(C(=O)O)c(C(=O)O)c1C(Br)(Br)C=C. The van der Waals surface area contributed by atoms with Gasteiger partial charge in [0, 0.05) is 14.5 Å². The lowest BCUT2D eigenvalue weighted by molar-refractivity contribution is 0.0649. The minimum absolute atomic E-state index is 0.165. The van der Waals surface area contributed by atoms with Crippen LogP contribution in [0.4, 0.5) is 0 Å². The normalized spacial score (nSPS) is 11.1. The molecule has 8 heteroatoms. The number of carboxylic acids is 2. The predicted molar refractivity (Wildman–Crippen MR) is 99.4 cm³/mol. The predicted octanol–water partition coefficient (Wildman–Crippen LogP) is 5.47. The maximum atomic E-state index is 11.7. The van der Waals surface area contributed by atoms with Gasteiger partial charge in [-0.15, -0.1) is 13.2 Å². The van der Waals surface area contributed by atoms with Crippen LogP contribution in [0.5, 0.6) is 0 Å². The topological polar surface area (TPSA) is 74.6 Å². The molecule has 0 bridgehead atoms. The Labute approximate surface area is 160 Å². The number of alkyl halides is 2. The summed E-state index contributed by atoms with van der Waals surface area (Å²) in [5, 5.41) is 19.0. The summed E-state index contributed by atoms with van der Waals surface area (Å²) in [6.07, 6.45) is 3.37. The van der Waals surface area contributed by atoms with E-state index in [0.29, 0.717) is 16.5 Å². The Hall–Kier alpha value is -0.440. The largest absolute Gasteiger partial charge is 0.478 e. The van der Waals surface area contributed by atoms with E-state index in [2.05, 4.69) is 76.9 Å². The molecule has 0 spiro atoms. The van der Waals surface area contributed by atoms with Gasteiger partial charge < -0.3 is 10.2 Å². The van der Waals surface area contributed by atoms with Crippen LogP contribution in [-0.2, 0) is 9.65 Å². The second kappa shape index (κ2) is 7.42. The number of hydrogen-bond donors (Lipinski definition) is 2. The summed E-state index contributed by atoms with van der Waals surface area (Å²) >= 11 is 13.2. The van der Waals surface area contributed by atoms with E-state index in [1.807, 2.05) is 0 Å². The summed E-state index contributed by atoms with van der Waals surface area (Å²) < 4.78 is -0.479. The van der Waals surface area contributed by atoms with Crippen LogP contribution in [0.3, 0.4) is 0 Å². The Morgan fingerprint density at radius 2 is 1.55 bits per heavy atom. The summed E-state index contributed by atoms with van der Waals surface area (Å²) in [7, 11) is 0. The minimum atomic E-state index is -1.35. The number of carboxylic acid groups (broad SMARTS) is 2. The molecule has 0 atom stereocenters. The minimum Gasteiger partial charge on any atom is -0.478 e. The standard InChI is InChI=1S/C14H10Br4O4/c1-3-5-6-9(14(17,18)4-2)7(12(19)20)8(13(21)22)11(16)10(6)15/h3-4H,1-2,5H2,(H,19,20)(H,21,22). The molecule has 4 nitrogen and oxygen atoms in total. The van der Waals surface area contributed by atoms with Crippen LogP contribution in [0.1, 0.15) is 31.8 Å². The van der Waals surface area contributed by atoms with Crippen LogP contribution in [-0.4, -0.2) is 22.2 Å². The van der Waals surface area contributed by atoms with Gasteiger partial charge in [-0.3, -0.25) is 0 Å². The first kappa shape index (κ1) is 19.6. The highest BCUT2D eigenvalue weighted by Gasteiger charge is 2.36. The van der Waals surface area contributed by atoms with Crippen molar-refractivity contribution >= 4 is 75.7 Å². The summed E-state index contributed by atoms with van der Waals surface area (Å²) in [6.45, 7) is 7.30. The van der Waals surface area contributed by atoms with Crippen molar-refractivity contribution in [3.63, 3.8) is 0 Å². The zero-order valence-electron chi connectivity index (χ0n) is 11.0. The van der Waals surface area contributed by atoms with E-state index in [9.17, 15) is 19.8 Å². The highest BCUT2D eigenvalue weighted by Crippen LogP contribution is 2.48. The Morgan fingerprint density at radius 1 is 1.05 bits per heavy atom. The van der Waals surface area contributed by atoms with E-state index < -0.39 is 15.2 Å². The van der Waals surface area contributed by atoms with Crippen LogP contribution in [0.2, 0.25) is 0 Å². The molecule has 0 fully saturated rings. The van der Waals surface area contributed by atoms with E-state index in [4.69, 9.17) is 0 Å². The molecule has 0 amide bonds. The van der Waals surface area contributed by atoms with Gasteiger partial charge in [-0.2, -0.15) is 0 Å². The molecular weight excluding hydrogens is 552 g/mol. The Balaban J connectivity index is 4.14. The van der Waals surface area contributed by atoms with E-state index in [-0.39, 0.29) is 21.2 Å². The molecule has 0 unspecified atom stereocenters. The van der Waals surface area contributed by atoms with Gasteiger partial charge in [0.05, 0.1) is 11.1 Å². The van der Waals surface area contributed by atoms with Gasteiger partial charge in [-0.1, -0.05) is 44.0 Å². The monoisotopic (exact) mass is 558 g/mol. The second-order valence-corrected chi connectivity index (χ2v) is 9.31. The molecule has 0 aliphatic heterocycles. The molecule has 0 heterocycles. The van der Waals surface area contributed by atoms with Gasteiger partial charge in [0.2, 0.25) is 0 Å². The zero-order chi connectivity index (χ0) is 17.2. The third kappa shape index (κ3) is 3.55. The first-order valence-electron chi connectivity index (χ1n) is 5.73. The summed E-state index contributed by atoms with van der Waals surface area (Å²) in [5.41, 5.74) is 0.167. The van der Waals surface area contributed by atoms with Gasteiger partial charge >= 0.3 is 11.9 Å².